The lowest BCUT2D eigenvalue weighted by atomic mass is 10.5. The molecule has 0 saturated carbocycles. The SMILES string of the molecule is Cc1c(N)nc2ccncn12. The lowest BCUT2D eigenvalue weighted by molar-refractivity contribution is 1.04. The number of aryl methyl sites for hydroxylation is 1. The van der Waals surface area contributed by atoms with Crippen LogP contribution in [-0.2, 0) is 0 Å². The van der Waals surface area contributed by atoms with Crippen molar-refractivity contribution in [2.45, 2.75) is 6.92 Å². The summed E-state index contributed by atoms with van der Waals surface area (Å²) in [4.78, 5) is 8.07. The average molecular weight is 148 g/mol. The number of nitrogens with zero attached hydrogens (tertiary/aromatic N) is 3. The van der Waals surface area contributed by atoms with Gasteiger partial charge in [0.15, 0.2) is 0 Å². The number of nitrogens with two attached hydrogens (primary N) is 1. The van der Waals surface area contributed by atoms with Gasteiger partial charge in [-0.15, -0.1) is 0 Å². The second-order valence-electron chi connectivity index (χ2n) is 2.39. The van der Waals surface area contributed by atoms with E-state index in [1.54, 1.807) is 12.5 Å². The smallest absolute Gasteiger partial charge is 0.145 e. The van der Waals surface area contributed by atoms with E-state index < -0.39 is 0 Å². The van der Waals surface area contributed by atoms with Crippen LogP contribution in [0.25, 0.3) is 5.65 Å². The number of nitrogen functional groups attached to an aromatic ring is 1. The summed E-state index contributed by atoms with van der Waals surface area (Å²) in [6.07, 6.45) is 3.40. The summed E-state index contributed by atoms with van der Waals surface area (Å²) < 4.78 is 1.86. The van der Waals surface area contributed by atoms with E-state index in [0.717, 1.165) is 11.3 Å². The lowest BCUT2D eigenvalue weighted by Crippen LogP contribution is -1.89. The van der Waals surface area contributed by atoms with E-state index >= 15 is 0 Å². The maximum atomic E-state index is 5.59. The van der Waals surface area contributed by atoms with Crippen LogP contribution in [0.3, 0.4) is 0 Å². The summed E-state index contributed by atoms with van der Waals surface area (Å²) in [6, 6.07) is 1.82. The topological polar surface area (TPSA) is 56.2 Å². The molecule has 0 radical (unpaired) electrons. The monoisotopic (exact) mass is 148 g/mol. The molecule has 56 valence electrons. The fourth-order valence-corrected chi connectivity index (χ4v) is 1.03. The van der Waals surface area contributed by atoms with Crippen molar-refractivity contribution in [3.63, 3.8) is 0 Å². The van der Waals surface area contributed by atoms with Crippen LogP contribution in [0.1, 0.15) is 5.69 Å². The minimum Gasteiger partial charge on any atom is -0.382 e. The third-order valence-electron chi connectivity index (χ3n) is 1.71. The summed E-state index contributed by atoms with van der Waals surface area (Å²) in [7, 11) is 0. The zero-order valence-corrected chi connectivity index (χ0v) is 6.15. The van der Waals surface area contributed by atoms with Gasteiger partial charge in [-0.1, -0.05) is 0 Å². The van der Waals surface area contributed by atoms with Crippen LogP contribution in [0.5, 0.6) is 0 Å². The Labute approximate surface area is 63.7 Å². The van der Waals surface area contributed by atoms with Crippen LogP contribution in [0.4, 0.5) is 5.82 Å². The van der Waals surface area contributed by atoms with E-state index in [-0.39, 0.29) is 0 Å². The highest BCUT2D eigenvalue weighted by molar-refractivity contribution is 5.50. The Morgan fingerprint density at radius 3 is 3.09 bits per heavy atom. The summed E-state index contributed by atoms with van der Waals surface area (Å²) in [6.45, 7) is 1.91. The quantitative estimate of drug-likeness (QED) is 0.595. The summed E-state index contributed by atoms with van der Waals surface area (Å²) in [5.41, 5.74) is 7.37. The van der Waals surface area contributed by atoms with Crippen molar-refractivity contribution in [2.24, 2.45) is 0 Å². The van der Waals surface area contributed by atoms with Crippen LogP contribution >= 0.6 is 0 Å². The van der Waals surface area contributed by atoms with Crippen molar-refractivity contribution < 1.29 is 0 Å². The molecular formula is C7H8N4. The Morgan fingerprint density at radius 1 is 1.55 bits per heavy atom. The summed E-state index contributed by atoms with van der Waals surface area (Å²) in [5.74, 6) is 0.568. The molecule has 4 nitrogen and oxygen atoms in total. The van der Waals surface area contributed by atoms with Gasteiger partial charge in [0.25, 0.3) is 0 Å². The Kier molecular flexibility index (Phi) is 1.09. The Morgan fingerprint density at radius 2 is 2.36 bits per heavy atom. The van der Waals surface area contributed by atoms with E-state index in [0.29, 0.717) is 5.82 Å². The molecule has 0 saturated heterocycles. The standard InChI is InChI=1S/C7H8N4/c1-5-7(8)10-6-2-3-9-4-11(5)6/h2-4H,8H2,1H3. The van der Waals surface area contributed by atoms with Crippen LogP contribution < -0.4 is 5.73 Å². The molecule has 0 spiro atoms. The Hall–Kier alpha value is -1.58. The third kappa shape index (κ3) is 0.756. The molecule has 2 rings (SSSR count). The fourth-order valence-electron chi connectivity index (χ4n) is 1.03. The highest BCUT2D eigenvalue weighted by Crippen LogP contribution is 2.10. The maximum Gasteiger partial charge on any atom is 0.145 e. The predicted molar refractivity (Wildman–Crippen MR) is 42.1 cm³/mol. The van der Waals surface area contributed by atoms with E-state index in [1.165, 1.54) is 0 Å². The van der Waals surface area contributed by atoms with Crippen molar-refractivity contribution in [1.82, 2.24) is 14.4 Å². The van der Waals surface area contributed by atoms with Gasteiger partial charge >= 0.3 is 0 Å². The van der Waals surface area contributed by atoms with Crippen molar-refractivity contribution >= 4 is 11.5 Å². The molecular weight excluding hydrogens is 140 g/mol. The van der Waals surface area contributed by atoms with Gasteiger partial charge in [0, 0.05) is 6.20 Å². The fraction of sp³-hybridized carbons (Fsp3) is 0.143. The number of rotatable bonds is 0. The van der Waals surface area contributed by atoms with Gasteiger partial charge in [-0.05, 0) is 13.0 Å². The molecule has 0 fully saturated rings. The molecule has 0 atom stereocenters. The van der Waals surface area contributed by atoms with Gasteiger partial charge < -0.3 is 5.73 Å². The van der Waals surface area contributed by atoms with Crippen LogP contribution in [0, 0.1) is 6.92 Å². The van der Waals surface area contributed by atoms with E-state index in [9.17, 15) is 0 Å². The molecule has 0 amide bonds. The molecule has 2 heterocycles. The second-order valence-corrected chi connectivity index (χ2v) is 2.39. The molecule has 0 aliphatic carbocycles. The van der Waals surface area contributed by atoms with Crippen molar-refractivity contribution in [2.75, 3.05) is 5.73 Å². The van der Waals surface area contributed by atoms with Crippen molar-refractivity contribution in [3.05, 3.63) is 24.3 Å². The third-order valence-corrected chi connectivity index (χ3v) is 1.71. The van der Waals surface area contributed by atoms with Gasteiger partial charge in [0.2, 0.25) is 0 Å². The Balaban J connectivity index is 2.92. The first-order valence-electron chi connectivity index (χ1n) is 3.33. The summed E-state index contributed by atoms with van der Waals surface area (Å²) >= 11 is 0. The molecule has 2 aromatic rings. The van der Waals surface area contributed by atoms with E-state index in [1.807, 2.05) is 17.4 Å². The van der Waals surface area contributed by atoms with Gasteiger partial charge in [-0.2, -0.15) is 0 Å². The largest absolute Gasteiger partial charge is 0.382 e. The van der Waals surface area contributed by atoms with Gasteiger partial charge in [-0.3, -0.25) is 4.40 Å². The summed E-state index contributed by atoms with van der Waals surface area (Å²) in [5, 5.41) is 0. The molecule has 4 heteroatoms. The number of anilines is 1. The molecule has 2 N–H and O–H groups in total. The van der Waals surface area contributed by atoms with Crippen LogP contribution in [0.2, 0.25) is 0 Å². The number of imidazole rings is 1. The molecule has 0 aromatic carbocycles. The average Bonchev–Trinajstić information content (AvgIpc) is 2.30. The van der Waals surface area contributed by atoms with Gasteiger partial charge in [-0.25, -0.2) is 9.97 Å². The first-order chi connectivity index (χ1) is 5.29. The number of hydrogen-bond donors (Lipinski definition) is 1. The number of fused-ring (bicyclic) bond motifs is 1. The van der Waals surface area contributed by atoms with E-state index in [2.05, 4.69) is 9.97 Å². The predicted octanol–water partition coefficient (Wildman–Crippen LogP) is 0.620. The van der Waals surface area contributed by atoms with Crippen LogP contribution in [0.15, 0.2) is 18.6 Å². The first-order valence-corrected chi connectivity index (χ1v) is 3.33. The second kappa shape index (κ2) is 1.95. The molecule has 0 unspecified atom stereocenters. The Bertz CT molecular complexity index is 390. The highest BCUT2D eigenvalue weighted by atomic mass is 15.1. The van der Waals surface area contributed by atoms with Crippen LogP contribution in [-0.4, -0.2) is 14.4 Å². The lowest BCUT2D eigenvalue weighted by Gasteiger charge is -1.91. The normalized spacial score (nSPS) is 10.6. The van der Waals surface area contributed by atoms with Gasteiger partial charge in [0.1, 0.15) is 17.8 Å². The zero-order valence-electron chi connectivity index (χ0n) is 6.15. The highest BCUT2D eigenvalue weighted by Gasteiger charge is 2.01. The van der Waals surface area contributed by atoms with Crippen molar-refractivity contribution in [1.29, 1.82) is 0 Å². The zero-order chi connectivity index (χ0) is 7.84. The molecule has 11 heavy (non-hydrogen) atoms. The van der Waals surface area contributed by atoms with Gasteiger partial charge in [0.05, 0.1) is 5.69 Å². The number of hydrogen-bond acceptors (Lipinski definition) is 3. The minimum absolute atomic E-state index is 0.568. The first kappa shape index (κ1) is 6.15. The van der Waals surface area contributed by atoms with E-state index in [4.69, 9.17) is 5.73 Å². The number of aromatic nitrogens is 3. The molecule has 0 aliphatic heterocycles. The minimum atomic E-state index is 0.568. The van der Waals surface area contributed by atoms with Crippen molar-refractivity contribution in [3.8, 4) is 0 Å². The molecule has 2 aromatic heterocycles. The maximum absolute atomic E-state index is 5.59. The molecule has 0 bridgehead atoms. The molecule has 0 aliphatic rings.